The summed E-state index contributed by atoms with van der Waals surface area (Å²) in [6.07, 6.45) is 0. The van der Waals surface area contributed by atoms with Crippen molar-refractivity contribution in [3.05, 3.63) is 75.7 Å². The number of aromatic nitrogens is 3. The zero-order valence-corrected chi connectivity index (χ0v) is 17.8. The van der Waals surface area contributed by atoms with Crippen molar-refractivity contribution >= 4 is 39.5 Å². The number of ether oxygens (including phenoxy) is 1. The minimum absolute atomic E-state index is 0.101. The highest BCUT2D eigenvalue weighted by molar-refractivity contribution is 7.98. The van der Waals surface area contributed by atoms with E-state index < -0.39 is 0 Å². The van der Waals surface area contributed by atoms with Crippen LogP contribution in [0.15, 0.2) is 58.5 Å². The first kappa shape index (κ1) is 20.1. The minimum Gasteiger partial charge on any atom is -0.462 e. The van der Waals surface area contributed by atoms with Gasteiger partial charge in [-0.15, -0.1) is 0 Å². The molecule has 0 atom stereocenters. The largest absolute Gasteiger partial charge is 0.462 e. The lowest BCUT2D eigenvalue weighted by Crippen LogP contribution is -2.20. The van der Waals surface area contributed by atoms with Crippen LogP contribution in [0.25, 0.3) is 21.8 Å². The fourth-order valence-electron chi connectivity index (χ4n) is 3.48. The van der Waals surface area contributed by atoms with Crippen LogP contribution in [0.2, 0.25) is 0 Å². The molecular formula is C23H21N3O3S. The van der Waals surface area contributed by atoms with Gasteiger partial charge >= 0.3 is 5.97 Å². The zero-order chi connectivity index (χ0) is 21.3. The molecule has 0 amide bonds. The number of nitrogens with zero attached hydrogens (tertiary/aromatic N) is 3. The molecule has 2 heterocycles. The summed E-state index contributed by atoms with van der Waals surface area (Å²) in [7, 11) is 1.70. The molecule has 7 heteroatoms. The van der Waals surface area contributed by atoms with Crippen molar-refractivity contribution in [2.45, 2.75) is 24.8 Å². The van der Waals surface area contributed by atoms with Crippen LogP contribution in [0.5, 0.6) is 0 Å². The van der Waals surface area contributed by atoms with E-state index in [9.17, 15) is 9.59 Å². The predicted octanol–water partition coefficient (Wildman–Crippen LogP) is 4.26. The molecule has 0 spiro atoms. The second-order valence-corrected chi connectivity index (χ2v) is 7.80. The smallest absolute Gasteiger partial charge is 0.340 e. The van der Waals surface area contributed by atoms with Crippen molar-refractivity contribution in [3.8, 4) is 0 Å². The number of hydrogen-bond acceptors (Lipinski definition) is 6. The standard InChI is InChI=1S/C23H21N3O3S/c1-4-29-22(28)20-14(2)15-9-5-7-11-17(15)24-19(20)13-30-23-25-18-12-8-6-10-16(18)21(27)26(23)3/h5-12H,4,13H2,1-3H3. The molecule has 0 aliphatic heterocycles. The Bertz CT molecular complexity index is 1330. The van der Waals surface area contributed by atoms with Crippen LogP contribution in [-0.2, 0) is 17.5 Å². The molecule has 0 unspecified atom stereocenters. The first-order valence-electron chi connectivity index (χ1n) is 9.65. The Balaban J connectivity index is 1.78. The van der Waals surface area contributed by atoms with Crippen LogP contribution in [0.3, 0.4) is 0 Å². The summed E-state index contributed by atoms with van der Waals surface area (Å²) in [6, 6.07) is 15.0. The van der Waals surface area contributed by atoms with Crippen LogP contribution in [-0.4, -0.2) is 27.1 Å². The molecule has 2 aromatic heterocycles. The summed E-state index contributed by atoms with van der Waals surface area (Å²) >= 11 is 1.38. The molecule has 0 bridgehead atoms. The molecule has 4 rings (SSSR count). The second kappa shape index (κ2) is 8.28. The molecule has 0 fully saturated rings. The fourth-order valence-corrected chi connectivity index (χ4v) is 4.39. The highest BCUT2D eigenvalue weighted by Gasteiger charge is 2.20. The molecule has 0 saturated carbocycles. The number of benzene rings is 2. The number of pyridine rings is 1. The Hall–Kier alpha value is -3.19. The monoisotopic (exact) mass is 419 g/mol. The summed E-state index contributed by atoms with van der Waals surface area (Å²) in [5.41, 5.74) is 3.31. The van der Waals surface area contributed by atoms with Crippen LogP contribution < -0.4 is 5.56 Å². The Morgan fingerprint density at radius 2 is 1.67 bits per heavy atom. The Morgan fingerprint density at radius 3 is 2.37 bits per heavy atom. The lowest BCUT2D eigenvalue weighted by atomic mass is 10.0. The van der Waals surface area contributed by atoms with Gasteiger partial charge in [0.25, 0.3) is 5.56 Å². The summed E-state index contributed by atoms with van der Waals surface area (Å²) in [5, 5.41) is 2.07. The van der Waals surface area contributed by atoms with Crippen LogP contribution in [0.4, 0.5) is 0 Å². The predicted molar refractivity (Wildman–Crippen MR) is 119 cm³/mol. The topological polar surface area (TPSA) is 74.1 Å². The molecule has 0 saturated heterocycles. The maximum absolute atomic E-state index is 12.7. The number of hydrogen-bond donors (Lipinski definition) is 0. The fraction of sp³-hybridized carbons (Fsp3) is 0.217. The molecule has 0 aliphatic rings. The van der Waals surface area contributed by atoms with Gasteiger partial charge in [0.05, 0.1) is 34.3 Å². The van der Waals surface area contributed by atoms with Crippen molar-refractivity contribution in [1.82, 2.24) is 14.5 Å². The van der Waals surface area contributed by atoms with Crippen LogP contribution >= 0.6 is 11.8 Å². The third-order valence-electron chi connectivity index (χ3n) is 4.99. The van der Waals surface area contributed by atoms with Crippen LogP contribution in [0, 0.1) is 6.92 Å². The first-order chi connectivity index (χ1) is 14.5. The molecule has 0 aliphatic carbocycles. The average Bonchev–Trinajstić information content (AvgIpc) is 2.75. The molecule has 6 nitrogen and oxygen atoms in total. The molecule has 30 heavy (non-hydrogen) atoms. The number of esters is 1. The van der Waals surface area contributed by atoms with E-state index in [1.807, 2.05) is 49.4 Å². The molecule has 0 radical (unpaired) electrons. The normalized spacial score (nSPS) is 11.2. The third-order valence-corrected chi connectivity index (χ3v) is 6.03. The van der Waals surface area contributed by atoms with E-state index >= 15 is 0 Å². The number of thioether (sulfide) groups is 1. The van der Waals surface area contributed by atoms with Gasteiger partial charge in [0.15, 0.2) is 5.16 Å². The first-order valence-corrected chi connectivity index (χ1v) is 10.6. The van der Waals surface area contributed by atoms with Crippen molar-refractivity contribution in [1.29, 1.82) is 0 Å². The Kier molecular flexibility index (Phi) is 5.55. The van der Waals surface area contributed by atoms with Gasteiger partial charge < -0.3 is 4.74 Å². The van der Waals surface area contributed by atoms with E-state index in [-0.39, 0.29) is 11.5 Å². The maximum Gasteiger partial charge on any atom is 0.340 e. The van der Waals surface area contributed by atoms with Crippen LogP contribution in [0.1, 0.15) is 28.5 Å². The van der Waals surface area contributed by atoms with Crippen molar-refractivity contribution < 1.29 is 9.53 Å². The average molecular weight is 420 g/mol. The number of para-hydroxylation sites is 2. The van der Waals surface area contributed by atoms with E-state index in [1.54, 1.807) is 20.0 Å². The molecule has 2 aromatic carbocycles. The van der Waals surface area contributed by atoms with E-state index in [0.717, 1.165) is 16.5 Å². The summed E-state index contributed by atoms with van der Waals surface area (Å²) < 4.78 is 6.82. The minimum atomic E-state index is -0.385. The SMILES string of the molecule is CCOC(=O)c1c(CSc2nc3ccccc3c(=O)n2C)nc2ccccc2c1C. The number of fused-ring (bicyclic) bond motifs is 2. The highest BCUT2D eigenvalue weighted by Crippen LogP contribution is 2.28. The number of rotatable bonds is 5. The van der Waals surface area contributed by atoms with Crippen molar-refractivity contribution in [3.63, 3.8) is 0 Å². The van der Waals surface area contributed by atoms with E-state index in [1.165, 1.54) is 16.3 Å². The van der Waals surface area contributed by atoms with E-state index in [2.05, 4.69) is 4.98 Å². The van der Waals surface area contributed by atoms with Gasteiger partial charge in [-0.25, -0.2) is 9.78 Å². The summed E-state index contributed by atoms with van der Waals surface area (Å²) in [5.74, 6) is 0.00236. The number of carbonyl (C=O) groups excluding carboxylic acids is 1. The van der Waals surface area contributed by atoms with Gasteiger partial charge in [-0.2, -0.15) is 0 Å². The van der Waals surface area contributed by atoms with Gasteiger partial charge in [-0.05, 0) is 37.6 Å². The van der Waals surface area contributed by atoms with E-state index in [0.29, 0.717) is 39.7 Å². The highest BCUT2D eigenvalue weighted by atomic mass is 32.2. The van der Waals surface area contributed by atoms with Crippen molar-refractivity contribution in [2.24, 2.45) is 7.05 Å². The maximum atomic E-state index is 12.7. The lowest BCUT2D eigenvalue weighted by Gasteiger charge is -2.14. The zero-order valence-electron chi connectivity index (χ0n) is 17.0. The molecular weight excluding hydrogens is 398 g/mol. The van der Waals surface area contributed by atoms with Gasteiger partial charge in [0.2, 0.25) is 0 Å². The van der Waals surface area contributed by atoms with E-state index in [4.69, 9.17) is 9.72 Å². The quantitative estimate of drug-likeness (QED) is 0.273. The molecule has 0 N–H and O–H groups in total. The summed E-state index contributed by atoms with van der Waals surface area (Å²) in [4.78, 5) is 34.7. The van der Waals surface area contributed by atoms with Gasteiger partial charge in [0, 0.05) is 18.2 Å². The number of carbonyl (C=O) groups is 1. The Labute approximate surface area is 177 Å². The third kappa shape index (κ3) is 3.57. The van der Waals surface area contributed by atoms with Gasteiger partial charge in [0.1, 0.15) is 0 Å². The van der Waals surface area contributed by atoms with Gasteiger partial charge in [-0.3, -0.25) is 14.3 Å². The lowest BCUT2D eigenvalue weighted by molar-refractivity contribution is 0.0524. The molecule has 152 valence electrons. The van der Waals surface area contributed by atoms with Gasteiger partial charge in [-0.1, -0.05) is 42.1 Å². The van der Waals surface area contributed by atoms with Crippen molar-refractivity contribution in [2.75, 3.05) is 6.61 Å². The second-order valence-electron chi connectivity index (χ2n) is 6.86. The Morgan fingerprint density at radius 1 is 1.03 bits per heavy atom. The molecule has 4 aromatic rings. The number of aryl methyl sites for hydroxylation is 1. The summed E-state index contributed by atoms with van der Waals surface area (Å²) in [6.45, 7) is 3.98.